The van der Waals surface area contributed by atoms with Gasteiger partial charge in [0.05, 0.1) is 12.0 Å². The third-order valence-corrected chi connectivity index (χ3v) is 4.07. The van der Waals surface area contributed by atoms with Gasteiger partial charge in [-0.3, -0.25) is 14.4 Å². The van der Waals surface area contributed by atoms with Gasteiger partial charge in [0.25, 0.3) is 11.8 Å². The van der Waals surface area contributed by atoms with E-state index in [4.69, 9.17) is 9.47 Å². The first-order valence-electron chi connectivity index (χ1n) is 7.42. The van der Waals surface area contributed by atoms with Crippen LogP contribution in [0.2, 0.25) is 0 Å². The van der Waals surface area contributed by atoms with E-state index >= 15 is 0 Å². The highest BCUT2D eigenvalue weighted by Gasteiger charge is 2.12. The van der Waals surface area contributed by atoms with Crippen molar-refractivity contribution in [2.45, 2.75) is 6.92 Å². The molecule has 8 heteroatoms. The summed E-state index contributed by atoms with van der Waals surface area (Å²) < 4.78 is 9.88. The minimum atomic E-state index is -0.692. The van der Waals surface area contributed by atoms with E-state index in [9.17, 15) is 14.4 Å². The number of ether oxygens (including phenoxy) is 2. The van der Waals surface area contributed by atoms with E-state index < -0.39 is 18.5 Å². The summed E-state index contributed by atoms with van der Waals surface area (Å²) in [7, 11) is 1.52. The molecule has 25 heavy (non-hydrogen) atoms. The van der Waals surface area contributed by atoms with Gasteiger partial charge in [0.1, 0.15) is 12.3 Å². The molecule has 1 aromatic heterocycles. The van der Waals surface area contributed by atoms with E-state index in [1.54, 1.807) is 30.3 Å². The molecule has 2 N–H and O–H groups in total. The summed E-state index contributed by atoms with van der Waals surface area (Å²) >= 11 is 1.33. The van der Waals surface area contributed by atoms with Crippen LogP contribution in [-0.2, 0) is 14.3 Å². The molecule has 1 heterocycles. The van der Waals surface area contributed by atoms with Crippen molar-refractivity contribution in [2.75, 3.05) is 25.6 Å². The Labute approximate surface area is 148 Å². The Morgan fingerprint density at radius 3 is 2.64 bits per heavy atom. The van der Waals surface area contributed by atoms with Crippen LogP contribution in [-0.4, -0.2) is 38.0 Å². The summed E-state index contributed by atoms with van der Waals surface area (Å²) in [4.78, 5) is 36.7. The maximum atomic E-state index is 11.8. The lowest BCUT2D eigenvalue weighted by molar-refractivity contribution is -0.146. The number of methoxy groups -OCH3 is 1. The van der Waals surface area contributed by atoms with E-state index in [0.29, 0.717) is 16.3 Å². The molecular formula is C17H18N2O5S. The van der Waals surface area contributed by atoms with Gasteiger partial charge in [-0.05, 0) is 31.2 Å². The molecule has 0 radical (unpaired) electrons. The second-order valence-electron chi connectivity index (χ2n) is 5.03. The fourth-order valence-electron chi connectivity index (χ4n) is 1.89. The van der Waals surface area contributed by atoms with Gasteiger partial charge in [-0.25, -0.2) is 0 Å². The van der Waals surface area contributed by atoms with Crippen LogP contribution >= 0.6 is 11.3 Å². The molecule has 0 fully saturated rings. The first-order chi connectivity index (χ1) is 12.0. The van der Waals surface area contributed by atoms with Crippen LogP contribution in [0.1, 0.15) is 14.5 Å². The first-order valence-corrected chi connectivity index (χ1v) is 8.24. The number of esters is 1. The van der Waals surface area contributed by atoms with E-state index in [2.05, 4.69) is 10.6 Å². The average Bonchev–Trinajstić information content (AvgIpc) is 3.04. The highest BCUT2D eigenvalue weighted by molar-refractivity contribution is 7.13. The molecule has 0 unspecified atom stereocenters. The van der Waals surface area contributed by atoms with Crippen LogP contribution in [0.15, 0.2) is 36.4 Å². The topological polar surface area (TPSA) is 93.7 Å². The van der Waals surface area contributed by atoms with Gasteiger partial charge in [-0.1, -0.05) is 6.07 Å². The monoisotopic (exact) mass is 362 g/mol. The number of thiophene rings is 1. The highest BCUT2D eigenvalue weighted by atomic mass is 32.1. The van der Waals surface area contributed by atoms with E-state index in [0.717, 1.165) is 4.88 Å². The summed E-state index contributed by atoms with van der Waals surface area (Å²) in [6.45, 7) is 1.14. The van der Waals surface area contributed by atoms with E-state index in [-0.39, 0.29) is 12.5 Å². The molecular weight excluding hydrogens is 344 g/mol. The minimum Gasteiger partial charge on any atom is -0.497 e. The fourth-order valence-corrected chi connectivity index (χ4v) is 2.68. The molecule has 0 saturated heterocycles. The van der Waals surface area contributed by atoms with Crippen molar-refractivity contribution in [1.29, 1.82) is 0 Å². The van der Waals surface area contributed by atoms with Crippen LogP contribution in [0.3, 0.4) is 0 Å². The zero-order chi connectivity index (χ0) is 18.2. The third kappa shape index (κ3) is 5.92. The number of carbonyl (C=O) groups excluding carboxylic acids is 3. The molecule has 2 rings (SSSR count). The molecule has 0 aliphatic heterocycles. The van der Waals surface area contributed by atoms with Gasteiger partial charge < -0.3 is 20.1 Å². The zero-order valence-corrected chi connectivity index (χ0v) is 14.6. The molecule has 7 nitrogen and oxygen atoms in total. The Morgan fingerprint density at radius 1 is 1.16 bits per heavy atom. The zero-order valence-electron chi connectivity index (χ0n) is 13.8. The molecule has 132 valence electrons. The Hall–Kier alpha value is -2.87. The minimum absolute atomic E-state index is 0.303. The third-order valence-electron chi connectivity index (χ3n) is 3.08. The number of nitrogens with one attached hydrogen (secondary N) is 2. The van der Waals surface area contributed by atoms with Gasteiger partial charge in [-0.2, -0.15) is 0 Å². The number of hydrogen-bond donors (Lipinski definition) is 2. The molecule has 0 aliphatic carbocycles. The van der Waals surface area contributed by atoms with Crippen molar-refractivity contribution >= 4 is 34.8 Å². The van der Waals surface area contributed by atoms with Gasteiger partial charge in [0.2, 0.25) is 0 Å². The number of anilines is 1. The summed E-state index contributed by atoms with van der Waals surface area (Å²) in [5.74, 6) is -0.929. The molecule has 0 atom stereocenters. The van der Waals surface area contributed by atoms with Crippen molar-refractivity contribution in [3.63, 3.8) is 0 Å². The standard InChI is InChI=1S/C17H18N2O5S/c1-11-6-7-14(25-11)17(22)18-9-16(21)24-10-15(20)19-12-4-3-5-13(8-12)23-2/h3-8H,9-10H2,1-2H3,(H,18,22)(H,19,20). The summed E-state index contributed by atoms with van der Waals surface area (Å²) in [6.07, 6.45) is 0. The number of amides is 2. The Balaban J connectivity index is 1.72. The van der Waals surface area contributed by atoms with Crippen molar-refractivity contribution in [3.05, 3.63) is 46.2 Å². The van der Waals surface area contributed by atoms with Gasteiger partial charge >= 0.3 is 5.97 Å². The number of carbonyl (C=O) groups is 3. The van der Waals surface area contributed by atoms with Crippen LogP contribution in [0.4, 0.5) is 5.69 Å². The maximum absolute atomic E-state index is 11.8. The molecule has 0 saturated carbocycles. The second kappa shape index (κ2) is 8.84. The molecule has 0 aliphatic rings. The summed E-state index contributed by atoms with van der Waals surface area (Å²) in [5.41, 5.74) is 0.529. The summed E-state index contributed by atoms with van der Waals surface area (Å²) in [6, 6.07) is 10.3. The van der Waals surface area contributed by atoms with Crippen LogP contribution in [0.5, 0.6) is 5.75 Å². The average molecular weight is 362 g/mol. The Morgan fingerprint density at radius 2 is 1.96 bits per heavy atom. The molecule has 1 aromatic carbocycles. The number of hydrogen-bond acceptors (Lipinski definition) is 6. The predicted molar refractivity (Wildman–Crippen MR) is 94.0 cm³/mol. The Kier molecular flexibility index (Phi) is 6.53. The maximum Gasteiger partial charge on any atom is 0.325 e. The molecule has 2 amide bonds. The van der Waals surface area contributed by atoms with Crippen molar-refractivity contribution in [2.24, 2.45) is 0 Å². The van der Waals surface area contributed by atoms with Gasteiger partial charge in [-0.15, -0.1) is 11.3 Å². The van der Waals surface area contributed by atoms with Gasteiger partial charge in [0.15, 0.2) is 6.61 Å². The molecule has 0 spiro atoms. The Bertz CT molecular complexity index is 772. The van der Waals surface area contributed by atoms with Crippen molar-refractivity contribution in [1.82, 2.24) is 5.32 Å². The van der Waals surface area contributed by atoms with Crippen LogP contribution in [0, 0.1) is 6.92 Å². The lowest BCUT2D eigenvalue weighted by Gasteiger charge is -2.08. The second-order valence-corrected chi connectivity index (χ2v) is 6.32. The molecule has 0 bridgehead atoms. The van der Waals surface area contributed by atoms with Gasteiger partial charge in [0, 0.05) is 16.6 Å². The molecule has 2 aromatic rings. The number of benzene rings is 1. The van der Waals surface area contributed by atoms with Crippen LogP contribution < -0.4 is 15.4 Å². The van der Waals surface area contributed by atoms with E-state index in [1.807, 2.05) is 13.0 Å². The lowest BCUT2D eigenvalue weighted by Crippen LogP contribution is -2.31. The summed E-state index contributed by atoms with van der Waals surface area (Å²) in [5, 5.41) is 5.03. The van der Waals surface area contributed by atoms with E-state index in [1.165, 1.54) is 18.4 Å². The SMILES string of the molecule is COc1cccc(NC(=O)COC(=O)CNC(=O)c2ccc(C)s2)c1. The largest absolute Gasteiger partial charge is 0.497 e. The first kappa shape index (κ1) is 18.5. The highest BCUT2D eigenvalue weighted by Crippen LogP contribution is 2.16. The van der Waals surface area contributed by atoms with Crippen molar-refractivity contribution in [3.8, 4) is 5.75 Å². The number of aryl methyl sites for hydroxylation is 1. The number of rotatable bonds is 7. The smallest absolute Gasteiger partial charge is 0.325 e. The quantitative estimate of drug-likeness (QED) is 0.735. The van der Waals surface area contributed by atoms with Crippen molar-refractivity contribution < 1.29 is 23.9 Å². The van der Waals surface area contributed by atoms with Crippen LogP contribution in [0.25, 0.3) is 0 Å². The lowest BCUT2D eigenvalue weighted by atomic mass is 10.3. The predicted octanol–water partition coefficient (Wildman–Crippen LogP) is 1.98. The fraction of sp³-hybridized carbons (Fsp3) is 0.235. The normalized spacial score (nSPS) is 10.0.